The summed E-state index contributed by atoms with van der Waals surface area (Å²) < 4.78 is 0. The molecule has 3 heteroatoms. The highest BCUT2D eigenvalue weighted by molar-refractivity contribution is 7.10. The first kappa shape index (κ1) is 12.1. The summed E-state index contributed by atoms with van der Waals surface area (Å²) in [6, 6.07) is 4.61. The fraction of sp³-hybridized carbons (Fsp3) is 0.692. The SMILES string of the molecule is CC1CCC(NCC(O)c2cccs2)CC1. The Labute approximate surface area is 102 Å². The average molecular weight is 239 g/mol. The van der Waals surface area contributed by atoms with Crippen molar-refractivity contribution < 1.29 is 5.11 Å². The van der Waals surface area contributed by atoms with E-state index in [-0.39, 0.29) is 6.10 Å². The number of hydrogen-bond donors (Lipinski definition) is 2. The van der Waals surface area contributed by atoms with Crippen LogP contribution in [0.5, 0.6) is 0 Å². The van der Waals surface area contributed by atoms with Gasteiger partial charge in [0.05, 0.1) is 0 Å². The van der Waals surface area contributed by atoms with Gasteiger partial charge in [0.25, 0.3) is 0 Å². The predicted octanol–water partition coefficient (Wildman–Crippen LogP) is 2.95. The molecule has 0 aromatic carbocycles. The summed E-state index contributed by atoms with van der Waals surface area (Å²) >= 11 is 1.63. The third-order valence-electron chi connectivity index (χ3n) is 3.49. The summed E-state index contributed by atoms with van der Waals surface area (Å²) in [6.45, 7) is 3.02. The zero-order valence-electron chi connectivity index (χ0n) is 9.86. The maximum absolute atomic E-state index is 9.94. The van der Waals surface area contributed by atoms with Crippen LogP contribution in [0.2, 0.25) is 0 Å². The number of hydrogen-bond acceptors (Lipinski definition) is 3. The van der Waals surface area contributed by atoms with Gasteiger partial charge in [-0.1, -0.05) is 13.0 Å². The van der Waals surface area contributed by atoms with E-state index in [1.54, 1.807) is 11.3 Å². The molecule has 2 N–H and O–H groups in total. The van der Waals surface area contributed by atoms with Crippen LogP contribution in [-0.4, -0.2) is 17.7 Å². The first-order valence-electron chi connectivity index (χ1n) is 6.20. The van der Waals surface area contributed by atoms with Gasteiger partial charge in [-0.2, -0.15) is 0 Å². The van der Waals surface area contributed by atoms with Crippen LogP contribution in [0, 0.1) is 5.92 Å². The Balaban J connectivity index is 1.71. The van der Waals surface area contributed by atoms with E-state index in [1.807, 2.05) is 17.5 Å². The molecule has 16 heavy (non-hydrogen) atoms. The molecule has 1 aliphatic rings. The van der Waals surface area contributed by atoms with Gasteiger partial charge in [-0.15, -0.1) is 11.3 Å². The molecule has 0 aliphatic heterocycles. The molecule has 1 aromatic heterocycles. The lowest BCUT2D eigenvalue weighted by molar-refractivity contribution is 0.166. The zero-order chi connectivity index (χ0) is 11.4. The molecule has 0 bridgehead atoms. The van der Waals surface area contributed by atoms with E-state index < -0.39 is 0 Å². The van der Waals surface area contributed by atoms with Gasteiger partial charge in [0.15, 0.2) is 0 Å². The number of aliphatic hydroxyl groups is 1. The van der Waals surface area contributed by atoms with Gasteiger partial charge >= 0.3 is 0 Å². The molecule has 0 radical (unpaired) electrons. The van der Waals surface area contributed by atoms with Crippen molar-refractivity contribution in [3.05, 3.63) is 22.4 Å². The molecule has 1 unspecified atom stereocenters. The van der Waals surface area contributed by atoms with Gasteiger partial charge in [-0.25, -0.2) is 0 Å². The summed E-state index contributed by atoms with van der Waals surface area (Å²) in [6.07, 6.45) is 4.84. The number of nitrogens with one attached hydrogen (secondary N) is 1. The van der Waals surface area contributed by atoms with E-state index in [0.717, 1.165) is 10.8 Å². The summed E-state index contributed by atoms with van der Waals surface area (Å²) in [5, 5.41) is 15.4. The van der Waals surface area contributed by atoms with E-state index in [4.69, 9.17) is 0 Å². The molecule has 1 fully saturated rings. The van der Waals surface area contributed by atoms with Crippen LogP contribution in [0.4, 0.5) is 0 Å². The van der Waals surface area contributed by atoms with Crippen LogP contribution in [0.15, 0.2) is 17.5 Å². The fourth-order valence-electron chi connectivity index (χ4n) is 2.32. The smallest absolute Gasteiger partial charge is 0.101 e. The summed E-state index contributed by atoms with van der Waals surface area (Å²) in [7, 11) is 0. The summed E-state index contributed by atoms with van der Waals surface area (Å²) in [5.41, 5.74) is 0. The van der Waals surface area contributed by atoms with Crippen molar-refractivity contribution in [2.45, 2.75) is 44.8 Å². The van der Waals surface area contributed by atoms with Gasteiger partial charge in [0.2, 0.25) is 0 Å². The van der Waals surface area contributed by atoms with Gasteiger partial charge < -0.3 is 10.4 Å². The number of aliphatic hydroxyl groups excluding tert-OH is 1. The predicted molar refractivity (Wildman–Crippen MR) is 68.7 cm³/mol. The van der Waals surface area contributed by atoms with Crippen molar-refractivity contribution in [3.63, 3.8) is 0 Å². The highest BCUT2D eigenvalue weighted by atomic mass is 32.1. The first-order valence-corrected chi connectivity index (χ1v) is 7.08. The van der Waals surface area contributed by atoms with Crippen molar-refractivity contribution in [1.82, 2.24) is 5.32 Å². The van der Waals surface area contributed by atoms with Crippen LogP contribution >= 0.6 is 11.3 Å². The third kappa shape index (κ3) is 3.30. The first-order chi connectivity index (χ1) is 7.75. The molecule has 0 saturated heterocycles. The van der Waals surface area contributed by atoms with E-state index in [1.165, 1.54) is 25.7 Å². The van der Waals surface area contributed by atoms with Gasteiger partial charge in [0.1, 0.15) is 6.10 Å². The molecule has 1 saturated carbocycles. The van der Waals surface area contributed by atoms with Crippen molar-refractivity contribution in [2.75, 3.05) is 6.54 Å². The normalized spacial score (nSPS) is 27.9. The molecule has 1 heterocycles. The zero-order valence-corrected chi connectivity index (χ0v) is 10.7. The van der Waals surface area contributed by atoms with E-state index >= 15 is 0 Å². The Kier molecular flexibility index (Phi) is 4.38. The standard InChI is InChI=1S/C13H21NOS/c1-10-4-6-11(7-5-10)14-9-12(15)13-3-2-8-16-13/h2-3,8,10-12,14-15H,4-7,9H2,1H3. The molecule has 2 nitrogen and oxygen atoms in total. The summed E-state index contributed by atoms with van der Waals surface area (Å²) in [5.74, 6) is 0.889. The Morgan fingerprint density at radius 1 is 1.44 bits per heavy atom. The maximum atomic E-state index is 9.94. The Morgan fingerprint density at radius 3 is 2.81 bits per heavy atom. The van der Waals surface area contributed by atoms with Crippen LogP contribution in [-0.2, 0) is 0 Å². The molecular formula is C13H21NOS. The second kappa shape index (κ2) is 5.80. The third-order valence-corrected chi connectivity index (χ3v) is 4.46. The fourth-order valence-corrected chi connectivity index (χ4v) is 3.04. The van der Waals surface area contributed by atoms with Crippen molar-refractivity contribution >= 4 is 11.3 Å². The number of rotatable bonds is 4. The average Bonchev–Trinajstić information content (AvgIpc) is 2.81. The Bertz CT molecular complexity index is 291. The van der Waals surface area contributed by atoms with E-state index in [2.05, 4.69) is 12.2 Å². The van der Waals surface area contributed by atoms with E-state index in [9.17, 15) is 5.11 Å². The molecule has 0 spiro atoms. The molecule has 2 rings (SSSR count). The minimum atomic E-state index is -0.334. The largest absolute Gasteiger partial charge is 0.386 e. The molecule has 1 atom stereocenters. The van der Waals surface area contributed by atoms with Crippen molar-refractivity contribution in [1.29, 1.82) is 0 Å². The van der Waals surface area contributed by atoms with Crippen LogP contribution in [0.3, 0.4) is 0 Å². The second-order valence-corrected chi connectivity index (χ2v) is 5.88. The van der Waals surface area contributed by atoms with Gasteiger partial charge in [-0.05, 0) is 43.0 Å². The lowest BCUT2D eigenvalue weighted by Gasteiger charge is -2.27. The molecule has 90 valence electrons. The lowest BCUT2D eigenvalue weighted by Crippen LogP contribution is -2.35. The molecule has 1 aromatic rings. The highest BCUT2D eigenvalue weighted by Gasteiger charge is 2.18. The van der Waals surface area contributed by atoms with Crippen molar-refractivity contribution in [3.8, 4) is 0 Å². The topological polar surface area (TPSA) is 32.3 Å². The monoisotopic (exact) mass is 239 g/mol. The molecule has 1 aliphatic carbocycles. The lowest BCUT2D eigenvalue weighted by atomic mass is 9.87. The minimum Gasteiger partial charge on any atom is -0.386 e. The number of thiophene rings is 1. The highest BCUT2D eigenvalue weighted by Crippen LogP contribution is 2.24. The Morgan fingerprint density at radius 2 is 2.19 bits per heavy atom. The molecule has 0 amide bonds. The van der Waals surface area contributed by atoms with Gasteiger partial charge in [-0.3, -0.25) is 0 Å². The summed E-state index contributed by atoms with van der Waals surface area (Å²) in [4.78, 5) is 1.07. The van der Waals surface area contributed by atoms with Crippen LogP contribution < -0.4 is 5.32 Å². The second-order valence-electron chi connectivity index (χ2n) is 4.90. The molecular weight excluding hydrogens is 218 g/mol. The van der Waals surface area contributed by atoms with Crippen LogP contribution in [0.25, 0.3) is 0 Å². The minimum absolute atomic E-state index is 0.334. The van der Waals surface area contributed by atoms with E-state index in [0.29, 0.717) is 12.6 Å². The van der Waals surface area contributed by atoms with Crippen LogP contribution in [0.1, 0.15) is 43.6 Å². The van der Waals surface area contributed by atoms with Gasteiger partial charge in [0, 0.05) is 17.5 Å². The van der Waals surface area contributed by atoms with Crippen molar-refractivity contribution in [2.24, 2.45) is 5.92 Å². The maximum Gasteiger partial charge on any atom is 0.101 e. The Hall–Kier alpha value is -0.380. The quantitative estimate of drug-likeness (QED) is 0.846.